The number of hydrogen-bond donors (Lipinski definition) is 0. The van der Waals surface area contributed by atoms with Gasteiger partial charge in [-0.25, -0.2) is 4.98 Å². The number of oxazole rings is 1. The third kappa shape index (κ3) is 5.54. The van der Waals surface area contributed by atoms with Crippen molar-refractivity contribution in [2.45, 2.75) is 0 Å². The molecule has 0 saturated carbocycles. The first-order valence-corrected chi connectivity index (χ1v) is 17.8. The van der Waals surface area contributed by atoms with E-state index < -0.39 is 0 Å². The lowest BCUT2D eigenvalue weighted by Crippen LogP contribution is -2.11. The maximum atomic E-state index is 6.42. The van der Waals surface area contributed by atoms with Crippen molar-refractivity contribution < 1.29 is 8.83 Å². The molecule has 0 saturated heterocycles. The Morgan fingerprint density at radius 3 is 1.57 bits per heavy atom. The molecule has 53 heavy (non-hydrogen) atoms. The average Bonchev–Trinajstić information content (AvgIpc) is 3.84. The molecule has 8 aromatic carbocycles. The van der Waals surface area contributed by atoms with Crippen LogP contribution in [0.15, 0.2) is 203 Å². The van der Waals surface area contributed by atoms with E-state index in [-0.39, 0.29) is 0 Å². The Morgan fingerprint density at radius 1 is 0.377 bits per heavy atom. The predicted octanol–water partition coefficient (Wildman–Crippen LogP) is 13.9. The van der Waals surface area contributed by atoms with Crippen molar-refractivity contribution in [2.24, 2.45) is 0 Å². The fourth-order valence-electron chi connectivity index (χ4n) is 7.33. The minimum absolute atomic E-state index is 0.590. The molecule has 0 aliphatic rings. The number of benzene rings is 8. The summed E-state index contributed by atoms with van der Waals surface area (Å²) >= 11 is 0. The van der Waals surface area contributed by atoms with Gasteiger partial charge in [-0.1, -0.05) is 133 Å². The third-order valence-corrected chi connectivity index (χ3v) is 9.93. The molecular formula is C49H32N2O2. The van der Waals surface area contributed by atoms with Crippen LogP contribution >= 0.6 is 0 Å². The van der Waals surface area contributed by atoms with Crippen LogP contribution in [-0.4, -0.2) is 4.98 Å². The van der Waals surface area contributed by atoms with E-state index in [4.69, 9.17) is 13.8 Å². The van der Waals surface area contributed by atoms with Gasteiger partial charge in [0.15, 0.2) is 5.58 Å². The molecule has 0 radical (unpaired) electrons. The van der Waals surface area contributed by atoms with Crippen LogP contribution in [0.25, 0.3) is 77.9 Å². The first-order chi connectivity index (χ1) is 26.3. The maximum Gasteiger partial charge on any atom is 0.227 e. The van der Waals surface area contributed by atoms with E-state index in [9.17, 15) is 0 Å². The second-order valence-corrected chi connectivity index (χ2v) is 13.2. The highest BCUT2D eigenvalue weighted by molar-refractivity contribution is 6.17. The molecule has 0 fully saturated rings. The zero-order valence-corrected chi connectivity index (χ0v) is 28.7. The summed E-state index contributed by atoms with van der Waals surface area (Å²) in [4.78, 5) is 7.33. The van der Waals surface area contributed by atoms with Gasteiger partial charge in [-0.15, -0.1) is 0 Å². The number of furan rings is 1. The molecule has 0 spiro atoms. The largest absolute Gasteiger partial charge is 0.456 e. The van der Waals surface area contributed by atoms with Crippen LogP contribution in [0.2, 0.25) is 0 Å². The smallest absolute Gasteiger partial charge is 0.227 e. The quantitative estimate of drug-likeness (QED) is 0.168. The minimum atomic E-state index is 0.590. The van der Waals surface area contributed by atoms with Gasteiger partial charge in [0.25, 0.3) is 0 Å². The molecule has 0 aliphatic carbocycles. The summed E-state index contributed by atoms with van der Waals surface area (Å²) in [5.41, 5.74) is 14.2. The number of anilines is 3. The van der Waals surface area contributed by atoms with Crippen LogP contribution < -0.4 is 4.90 Å². The lowest BCUT2D eigenvalue weighted by Gasteiger charge is -2.28. The van der Waals surface area contributed by atoms with E-state index in [0.717, 1.165) is 72.4 Å². The van der Waals surface area contributed by atoms with Crippen molar-refractivity contribution in [3.05, 3.63) is 194 Å². The molecule has 0 unspecified atom stereocenters. The molecule has 2 aromatic heterocycles. The molecule has 0 atom stereocenters. The minimum Gasteiger partial charge on any atom is -0.456 e. The first kappa shape index (κ1) is 30.6. The number of fused-ring (bicyclic) bond motifs is 5. The summed E-state index contributed by atoms with van der Waals surface area (Å²) < 4.78 is 12.7. The average molecular weight is 681 g/mol. The second-order valence-electron chi connectivity index (χ2n) is 13.2. The Kier molecular flexibility index (Phi) is 7.43. The van der Waals surface area contributed by atoms with Crippen molar-refractivity contribution in [1.82, 2.24) is 4.98 Å². The van der Waals surface area contributed by atoms with Crippen LogP contribution in [-0.2, 0) is 0 Å². The normalized spacial score (nSPS) is 11.4. The molecule has 0 aliphatic heterocycles. The van der Waals surface area contributed by atoms with Gasteiger partial charge in [0.2, 0.25) is 5.89 Å². The van der Waals surface area contributed by atoms with Crippen molar-refractivity contribution in [2.75, 3.05) is 4.90 Å². The molecule has 250 valence electrons. The summed E-state index contributed by atoms with van der Waals surface area (Å²) in [6, 6.07) is 67.6. The monoisotopic (exact) mass is 680 g/mol. The van der Waals surface area contributed by atoms with E-state index >= 15 is 0 Å². The molecule has 10 aromatic rings. The Balaban J connectivity index is 1.11. The van der Waals surface area contributed by atoms with Gasteiger partial charge in [0.05, 0.1) is 11.1 Å². The summed E-state index contributed by atoms with van der Waals surface area (Å²) in [6.45, 7) is 0. The summed E-state index contributed by atoms with van der Waals surface area (Å²) in [7, 11) is 0. The number of rotatable bonds is 7. The van der Waals surface area contributed by atoms with Crippen molar-refractivity contribution >= 4 is 50.1 Å². The van der Waals surface area contributed by atoms with Gasteiger partial charge < -0.3 is 13.7 Å². The van der Waals surface area contributed by atoms with Crippen molar-refractivity contribution in [3.63, 3.8) is 0 Å². The van der Waals surface area contributed by atoms with Gasteiger partial charge in [-0.3, -0.25) is 0 Å². The van der Waals surface area contributed by atoms with Gasteiger partial charge >= 0.3 is 0 Å². The lowest BCUT2D eigenvalue weighted by molar-refractivity contribution is 0.619. The Hall–Kier alpha value is -7.17. The molecule has 4 heteroatoms. The number of hydrogen-bond acceptors (Lipinski definition) is 4. The number of para-hydroxylation sites is 1. The fourth-order valence-corrected chi connectivity index (χ4v) is 7.33. The van der Waals surface area contributed by atoms with Gasteiger partial charge in [0.1, 0.15) is 16.7 Å². The summed E-state index contributed by atoms with van der Waals surface area (Å²) in [5.74, 6) is 0.590. The maximum absolute atomic E-state index is 6.42. The second kappa shape index (κ2) is 12.9. The van der Waals surface area contributed by atoms with E-state index in [0.29, 0.717) is 5.89 Å². The van der Waals surface area contributed by atoms with E-state index in [1.54, 1.807) is 0 Å². The summed E-state index contributed by atoms with van der Waals surface area (Å²) in [5, 5.41) is 1.92. The van der Waals surface area contributed by atoms with Crippen LogP contribution in [0, 0.1) is 0 Å². The number of nitrogens with zero attached hydrogens (tertiary/aromatic N) is 2. The van der Waals surface area contributed by atoms with Crippen molar-refractivity contribution in [1.29, 1.82) is 0 Å². The Labute approximate surface area is 306 Å². The van der Waals surface area contributed by atoms with Crippen LogP contribution in [0.5, 0.6) is 0 Å². The molecular weight excluding hydrogens is 649 g/mol. The molecule has 0 N–H and O–H groups in total. The summed E-state index contributed by atoms with van der Waals surface area (Å²) in [6.07, 6.45) is 0. The molecule has 0 bridgehead atoms. The molecule has 4 nitrogen and oxygen atoms in total. The Bertz CT molecular complexity index is 2860. The predicted molar refractivity (Wildman–Crippen MR) is 218 cm³/mol. The third-order valence-electron chi connectivity index (χ3n) is 9.93. The Morgan fingerprint density at radius 2 is 0.887 bits per heavy atom. The zero-order valence-electron chi connectivity index (χ0n) is 28.7. The molecule has 10 rings (SSSR count). The highest BCUT2D eigenvalue weighted by Crippen LogP contribution is 2.44. The van der Waals surface area contributed by atoms with Crippen molar-refractivity contribution in [3.8, 4) is 44.8 Å². The van der Waals surface area contributed by atoms with E-state index in [1.165, 1.54) is 16.7 Å². The van der Waals surface area contributed by atoms with E-state index in [2.05, 4.69) is 150 Å². The lowest BCUT2D eigenvalue weighted by atomic mass is 9.99. The molecule has 2 heterocycles. The van der Waals surface area contributed by atoms with Crippen LogP contribution in [0.1, 0.15) is 0 Å². The van der Waals surface area contributed by atoms with E-state index in [1.807, 2.05) is 48.5 Å². The standard InChI is InChI=1S/C49H32N2O2/c1-4-12-33(13-5-1)34-20-22-35(23-21-34)36-24-26-39(27-25-36)51(43-19-11-10-18-41(43)37-14-6-2-7-15-37)40-28-29-44-42(32-40)47-45(52-44)30-31-46-48(47)50-49(53-46)38-16-8-3-9-17-38/h1-32H. The first-order valence-electron chi connectivity index (χ1n) is 17.8. The topological polar surface area (TPSA) is 42.4 Å². The zero-order chi connectivity index (χ0) is 35.1. The highest BCUT2D eigenvalue weighted by atomic mass is 16.4. The van der Waals surface area contributed by atoms with Gasteiger partial charge in [-0.05, 0) is 88.5 Å². The number of aromatic nitrogens is 1. The fraction of sp³-hybridized carbons (Fsp3) is 0. The van der Waals surface area contributed by atoms with Gasteiger partial charge in [-0.2, -0.15) is 0 Å². The highest BCUT2D eigenvalue weighted by Gasteiger charge is 2.21. The van der Waals surface area contributed by atoms with Gasteiger partial charge in [0, 0.05) is 27.9 Å². The SMILES string of the molecule is c1ccc(-c2ccc(-c3ccc(N(c4ccc5oc6ccc7oc(-c8ccccc8)nc7c6c5c4)c4ccccc4-c4ccccc4)cc3)cc2)cc1. The van der Waals surface area contributed by atoms with Crippen LogP contribution in [0.4, 0.5) is 17.1 Å². The molecule has 0 amide bonds. The van der Waals surface area contributed by atoms with Crippen LogP contribution in [0.3, 0.4) is 0 Å².